The highest BCUT2D eigenvalue weighted by Crippen LogP contribution is 2.40. The summed E-state index contributed by atoms with van der Waals surface area (Å²) in [6.07, 6.45) is 6.43. The number of carbonyl (C=O) groups excluding carboxylic acids is 2. The average molecular weight is 395 g/mol. The van der Waals surface area contributed by atoms with E-state index in [0.717, 1.165) is 0 Å². The van der Waals surface area contributed by atoms with Crippen LogP contribution in [0, 0.1) is 22.7 Å². The van der Waals surface area contributed by atoms with Crippen LogP contribution < -0.4 is 10.2 Å². The second-order valence-electron chi connectivity index (χ2n) is 7.44. The van der Waals surface area contributed by atoms with Crippen molar-refractivity contribution in [3.8, 4) is 6.07 Å². The van der Waals surface area contributed by atoms with Crippen molar-refractivity contribution < 1.29 is 9.59 Å². The number of amides is 1. The summed E-state index contributed by atoms with van der Waals surface area (Å²) in [5.41, 5.74) is -0.317. The highest BCUT2D eigenvalue weighted by molar-refractivity contribution is 6.01. The van der Waals surface area contributed by atoms with E-state index in [-0.39, 0.29) is 17.6 Å². The number of carbonyl (C=O) groups is 2. The number of aryl methyl sites for hydroxylation is 1. The van der Waals surface area contributed by atoms with E-state index >= 15 is 0 Å². The second kappa shape index (κ2) is 8.39. The Morgan fingerprint density at radius 1 is 1.45 bits per heavy atom. The lowest BCUT2D eigenvalue weighted by atomic mass is 9.77. The van der Waals surface area contributed by atoms with Crippen LogP contribution in [0.3, 0.4) is 0 Å². The molecule has 1 amide bonds. The van der Waals surface area contributed by atoms with Crippen LogP contribution in [-0.2, 0) is 16.1 Å². The third-order valence-corrected chi connectivity index (χ3v) is 5.36. The minimum absolute atomic E-state index is 0.0742. The lowest BCUT2D eigenvalue weighted by Crippen LogP contribution is -2.37. The smallest absolute Gasteiger partial charge is 0.248 e. The van der Waals surface area contributed by atoms with E-state index in [9.17, 15) is 14.9 Å². The molecule has 1 atom stereocenters. The van der Waals surface area contributed by atoms with Crippen LogP contribution in [0.15, 0.2) is 24.7 Å². The topological polar surface area (TPSA) is 117 Å². The predicted octanol–water partition coefficient (Wildman–Crippen LogP) is 2.69. The van der Waals surface area contributed by atoms with Crippen molar-refractivity contribution in [2.45, 2.75) is 46.6 Å². The molecule has 0 spiro atoms. The van der Waals surface area contributed by atoms with Gasteiger partial charge in [-0.05, 0) is 18.4 Å². The molecule has 1 fully saturated rings. The van der Waals surface area contributed by atoms with Crippen LogP contribution in [0.4, 0.5) is 17.5 Å². The predicted molar refractivity (Wildman–Crippen MR) is 107 cm³/mol. The maximum Gasteiger partial charge on any atom is 0.248 e. The molecule has 0 aromatic carbocycles. The number of rotatable bonds is 8. The van der Waals surface area contributed by atoms with Gasteiger partial charge in [-0.2, -0.15) is 15.3 Å². The van der Waals surface area contributed by atoms with Crippen molar-refractivity contribution >= 4 is 29.1 Å². The summed E-state index contributed by atoms with van der Waals surface area (Å²) in [7, 11) is 0. The third-order valence-electron chi connectivity index (χ3n) is 5.36. The fourth-order valence-electron chi connectivity index (χ4n) is 3.38. The molecule has 0 aliphatic carbocycles. The monoisotopic (exact) mass is 395 g/mol. The Bertz CT molecular complexity index is 946. The number of hydrogen-bond acceptors (Lipinski definition) is 7. The van der Waals surface area contributed by atoms with Crippen molar-refractivity contribution in [2.24, 2.45) is 11.3 Å². The summed E-state index contributed by atoms with van der Waals surface area (Å²) in [6, 6.07) is 3.89. The molecule has 3 rings (SSSR count). The van der Waals surface area contributed by atoms with Crippen molar-refractivity contribution in [3.63, 3.8) is 0 Å². The summed E-state index contributed by atoms with van der Waals surface area (Å²) in [5, 5.41) is 16.9. The number of anilines is 3. The number of hydrogen-bond donors (Lipinski definition) is 1. The average Bonchev–Trinajstić information content (AvgIpc) is 3.30. The summed E-state index contributed by atoms with van der Waals surface area (Å²) in [4.78, 5) is 34.6. The normalized spacial score (nSPS) is 18.9. The number of nitrogens with zero attached hydrogens (tertiary/aromatic N) is 6. The molecule has 1 aliphatic rings. The lowest BCUT2D eigenvalue weighted by Gasteiger charge is -2.24. The van der Waals surface area contributed by atoms with Gasteiger partial charge in [-0.25, -0.2) is 4.98 Å². The molecule has 1 N–H and O–H groups in total. The molecule has 1 aliphatic heterocycles. The maximum absolute atomic E-state index is 12.9. The van der Waals surface area contributed by atoms with E-state index in [4.69, 9.17) is 0 Å². The minimum Gasteiger partial charge on any atom is -0.321 e. The largest absolute Gasteiger partial charge is 0.321 e. The molecule has 3 heterocycles. The van der Waals surface area contributed by atoms with Crippen molar-refractivity contribution in [1.29, 1.82) is 5.26 Å². The lowest BCUT2D eigenvalue weighted by molar-refractivity contribution is -0.124. The van der Waals surface area contributed by atoms with E-state index < -0.39 is 5.41 Å². The number of Topliss-reactive ketones (excluding diaryl/α,β-unsaturated/α-hetero) is 1. The van der Waals surface area contributed by atoms with Crippen LogP contribution in [-0.4, -0.2) is 38.0 Å². The molecule has 0 bridgehead atoms. The van der Waals surface area contributed by atoms with E-state index in [1.54, 1.807) is 34.2 Å². The van der Waals surface area contributed by atoms with Crippen LogP contribution in [0.1, 0.15) is 40.0 Å². The van der Waals surface area contributed by atoms with Crippen LogP contribution >= 0.6 is 0 Å². The molecular weight excluding hydrogens is 370 g/mol. The Balaban J connectivity index is 1.71. The fourth-order valence-corrected chi connectivity index (χ4v) is 3.38. The van der Waals surface area contributed by atoms with Crippen LogP contribution in [0.25, 0.3) is 0 Å². The molecule has 2 aromatic heterocycles. The Labute approximate surface area is 169 Å². The Morgan fingerprint density at radius 2 is 2.24 bits per heavy atom. The van der Waals surface area contributed by atoms with Gasteiger partial charge in [-0.1, -0.05) is 20.8 Å². The number of ketones is 1. The van der Waals surface area contributed by atoms with Gasteiger partial charge in [0.05, 0.1) is 18.0 Å². The zero-order valence-electron chi connectivity index (χ0n) is 16.9. The Hall–Kier alpha value is -3.28. The van der Waals surface area contributed by atoms with E-state index in [1.165, 1.54) is 0 Å². The zero-order chi connectivity index (χ0) is 21.0. The van der Waals surface area contributed by atoms with Crippen molar-refractivity contribution in [3.05, 3.63) is 24.7 Å². The van der Waals surface area contributed by atoms with Crippen LogP contribution in [0.2, 0.25) is 0 Å². The molecule has 29 heavy (non-hydrogen) atoms. The second-order valence-corrected chi connectivity index (χ2v) is 7.44. The van der Waals surface area contributed by atoms with Gasteiger partial charge in [0, 0.05) is 38.3 Å². The SMILES string of the molecule is CCC(=O)CCn1cc(Nc2nccc(N3CC[C@@](C#N)(C(C)C)C3=O)n2)cn1. The van der Waals surface area contributed by atoms with E-state index in [2.05, 4.69) is 26.5 Å². The van der Waals surface area contributed by atoms with Gasteiger partial charge in [0.2, 0.25) is 11.9 Å². The molecule has 2 aromatic rings. The molecule has 0 unspecified atom stereocenters. The molecule has 152 valence electrons. The summed E-state index contributed by atoms with van der Waals surface area (Å²) >= 11 is 0. The number of nitriles is 1. The quantitative estimate of drug-likeness (QED) is 0.730. The summed E-state index contributed by atoms with van der Waals surface area (Å²) in [5.74, 6) is 0.698. The van der Waals surface area contributed by atoms with Gasteiger partial charge in [0.15, 0.2) is 0 Å². The van der Waals surface area contributed by atoms with Gasteiger partial charge in [-0.15, -0.1) is 0 Å². The molecule has 0 radical (unpaired) electrons. The summed E-state index contributed by atoms with van der Waals surface area (Å²) < 4.78 is 1.69. The first-order valence-corrected chi connectivity index (χ1v) is 9.77. The standard InChI is InChI=1S/C20H25N7O2/c1-4-16(28)6-9-26-12-15(11-23-26)24-19-22-8-5-17(25-19)27-10-7-20(13-21,14(2)3)18(27)29/h5,8,11-12,14H,4,6-7,9-10H2,1-3H3,(H,22,24,25)/t20-/m1/s1. The molecular formula is C20H25N7O2. The number of nitrogens with one attached hydrogen (secondary N) is 1. The van der Waals surface area contributed by atoms with Crippen molar-refractivity contribution in [2.75, 3.05) is 16.8 Å². The maximum atomic E-state index is 12.9. The molecule has 0 saturated carbocycles. The molecule has 1 saturated heterocycles. The van der Waals surface area contributed by atoms with Crippen molar-refractivity contribution in [1.82, 2.24) is 19.7 Å². The highest BCUT2D eigenvalue weighted by atomic mass is 16.2. The van der Waals surface area contributed by atoms with Gasteiger partial charge in [-0.3, -0.25) is 19.2 Å². The highest BCUT2D eigenvalue weighted by Gasteiger charge is 2.50. The first-order chi connectivity index (χ1) is 13.9. The Kier molecular flexibility index (Phi) is 5.92. The first-order valence-electron chi connectivity index (χ1n) is 9.77. The van der Waals surface area contributed by atoms with E-state index in [0.29, 0.717) is 49.8 Å². The third kappa shape index (κ3) is 4.11. The molecule has 9 heteroatoms. The van der Waals surface area contributed by atoms with Crippen LogP contribution in [0.5, 0.6) is 0 Å². The van der Waals surface area contributed by atoms with Gasteiger partial charge < -0.3 is 5.32 Å². The van der Waals surface area contributed by atoms with Gasteiger partial charge in [0.1, 0.15) is 17.0 Å². The van der Waals surface area contributed by atoms with Gasteiger partial charge >= 0.3 is 0 Å². The minimum atomic E-state index is -1.00. The fraction of sp³-hybridized carbons (Fsp3) is 0.500. The molecule has 9 nitrogen and oxygen atoms in total. The number of aromatic nitrogens is 4. The summed E-state index contributed by atoms with van der Waals surface area (Å²) in [6.45, 7) is 6.59. The van der Waals surface area contributed by atoms with Gasteiger partial charge in [0.25, 0.3) is 0 Å². The Morgan fingerprint density at radius 3 is 2.90 bits per heavy atom. The first kappa shape index (κ1) is 20.5. The zero-order valence-corrected chi connectivity index (χ0v) is 16.9. The van der Waals surface area contributed by atoms with E-state index in [1.807, 2.05) is 20.8 Å².